The summed E-state index contributed by atoms with van der Waals surface area (Å²) in [6, 6.07) is 11.2. The number of aryl methyl sites for hydroxylation is 1. The summed E-state index contributed by atoms with van der Waals surface area (Å²) in [5.41, 5.74) is 0.919. The molecule has 182 valence electrons. The SMILES string of the molecule is COc1ccc(S(=O)(=O)NCCNC(=O)C(CC(C)C)NS(=O)(=O)c2ccc(C)cc2)cc1. The Morgan fingerprint density at radius 2 is 1.42 bits per heavy atom. The summed E-state index contributed by atoms with van der Waals surface area (Å²) in [7, 11) is -6.17. The molecule has 2 aromatic rings. The molecule has 1 unspecified atom stereocenters. The first-order valence-corrected chi connectivity index (χ1v) is 13.4. The van der Waals surface area contributed by atoms with Crippen molar-refractivity contribution in [1.82, 2.24) is 14.8 Å². The van der Waals surface area contributed by atoms with E-state index in [0.29, 0.717) is 5.75 Å². The van der Waals surface area contributed by atoms with Crippen molar-refractivity contribution < 1.29 is 26.4 Å². The Kier molecular flexibility index (Phi) is 9.41. The number of carbonyl (C=O) groups is 1. The molecule has 1 atom stereocenters. The van der Waals surface area contributed by atoms with Gasteiger partial charge in [0.2, 0.25) is 26.0 Å². The van der Waals surface area contributed by atoms with Crippen molar-refractivity contribution in [2.24, 2.45) is 5.92 Å². The summed E-state index contributed by atoms with van der Waals surface area (Å²) in [5.74, 6) is 0.0589. The fourth-order valence-electron chi connectivity index (χ4n) is 2.99. The first-order chi connectivity index (χ1) is 15.4. The van der Waals surface area contributed by atoms with Crippen LogP contribution in [0.1, 0.15) is 25.8 Å². The van der Waals surface area contributed by atoms with Crippen LogP contribution in [-0.2, 0) is 24.8 Å². The van der Waals surface area contributed by atoms with Gasteiger partial charge in [0.15, 0.2) is 0 Å². The largest absolute Gasteiger partial charge is 0.497 e. The predicted molar refractivity (Wildman–Crippen MR) is 126 cm³/mol. The molecule has 0 saturated heterocycles. The van der Waals surface area contributed by atoms with E-state index in [-0.39, 0.29) is 35.2 Å². The van der Waals surface area contributed by atoms with Crippen molar-refractivity contribution in [2.75, 3.05) is 20.2 Å². The molecule has 0 spiro atoms. The molecule has 0 aliphatic rings. The van der Waals surface area contributed by atoms with E-state index in [4.69, 9.17) is 4.74 Å². The molecule has 2 rings (SSSR count). The van der Waals surface area contributed by atoms with E-state index >= 15 is 0 Å². The summed E-state index contributed by atoms with van der Waals surface area (Å²) < 4.78 is 60.0. The lowest BCUT2D eigenvalue weighted by Gasteiger charge is -2.20. The van der Waals surface area contributed by atoms with Gasteiger partial charge in [-0.3, -0.25) is 4.79 Å². The minimum Gasteiger partial charge on any atom is -0.497 e. The van der Waals surface area contributed by atoms with Gasteiger partial charge >= 0.3 is 0 Å². The van der Waals surface area contributed by atoms with Crippen molar-refractivity contribution in [3.63, 3.8) is 0 Å². The lowest BCUT2D eigenvalue weighted by molar-refractivity contribution is -0.123. The second kappa shape index (κ2) is 11.6. The molecule has 0 heterocycles. The van der Waals surface area contributed by atoms with E-state index < -0.39 is 32.0 Å². The zero-order valence-corrected chi connectivity index (χ0v) is 20.8. The zero-order chi connectivity index (χ0) is 24.6. The number of sulfonamides is 2. The summed E-state index contributed by atoms with van der Waals surface area (Å²) in [4.78, 5) is 12.8. The Morgan fingerprint density at radius 1 is 0.879 bits per heavy atom. The lowest BCUT2D eigenvalue weighted by atomic mass is 10.0. The number of rotatable bonds is 12. The number of hydrogen-bond acceptors (Lipinski definition) is 6. The smallest absolute Gasteiger partial charge is 0.241 e. The summed E-state index contributed by atoms with van der Waals surface area (Å²) in [6.07, 6.45) is 0.286. The Morgan fingerprint density at radius 3 is 1.97 bits per heavy atom. The van der Waals surface area contributed by atoms with Gasteiger partial charge in [-0.1, -0.05) is 31.5 Å². The van der Waals surface area contributed by atoms with Crippen LogP contribution in [0.4, 0.5) is 0 Å². The third-order valence-corrected chi connectivity index (χ3v) is 7.70. The van der Waals surface area contributed by atoms with Gasteiger partial charge in [0.05, 0.1) is 16.9 Å². The summed E-state index contributed by atoms with van der Waals surface area (Å²) in [6.45, 7) is 5.54. The van der Waals surface area contributed by atoms with Crippen LogP contribution in [0.3, 0.4) is 0 Å². The lowest BCUT2D eigenvalue weighted by Crippen LogP contribution is -2.48. The quantitative estimate of drug-likeness (QED) is 0.383. The van der Waals surface area contributed by atoms with Crippen molar-refractivity contribution in [3.8, 4) is 5.75 Å². The molecule has 0 aliphatic carbocycles. The van der Waals surface area contributed by atoms with Crippen molar-refractivity contribution in [3.05, 3.63) is 54.1 Å². The van der Waals surface area contributed by atoms with Crippen LogP contribution in [0.25, 0.3) is 0 Å². The van der Waals surface area contributed by atoms with Gasteiger partial charge in [0, 0.05) is 13.1 Å². The van der Waals surface area contributed by atoms with Gasteiger partial charge in [-0.15, -0.1) is 0 Å². The Hall–Kier alpha value is -2.47. The molecule has 0 fully saturated rings. The highest BCUT2D eigenvalue weighted by Crippen LogP contribution is 2.15. The van der Waals surface area contributed by atoms with E-state index in [1.165, 1.54) is 43.5 Å². The fraction of sp³-hybridized carbons (Fsp3) is 0.409. The predicted octanol–water partition coefficient (Wildman–Crippen LogP) is 1.79. The van der Waals surface area contributed by atoms with Crippen LogP contribution in [0, 0.1) is 12.8 Å². The molecule has 2 aromatic carbocycles. The van der Waals surface area contributed by atoms with E-state index in [0.717, 1.165) is 5.56 Å². The average Bonchev–Trinajstić information content (AvgIpc) is 2.76. The molecular formula is C22H31N3O6S2. The van der Waals surface area contributed by atoms with E-state index in [1.807, 2.05) is 20.8 Å². The third-order valence-electron chi connectivity index (χ3n) is 4.74. The first kappa shape index (κ1) is 26.8. The number of nitrogens with one attached hydrogen (secondary N) is 3. The molecule has 11 heteroatoms. The molecule has 3 N–H and O–H groups in total. The molecule has 9 nitrogen and oxygen atoms in total. The van der Waals surface area contributed by atoms with E-state index in [2.05, 4.69) is 14.8 Å². The maximum atomic E-state index is 12.7. The maximum absolute atomic E-state index is 12.7. The van der Waals surface area contributed by atoms with Crippen molar-refractivity contribution in [1.29, 1.82) is 0 Å². The van der Waals surface area contributed by atoms with Gasteiger partial charge in [0.1, 0.15) is 11.8 Å². The molecule has 1 amide bonds. The van der Waals surface area contributed by atoms with E-state index in [9.17, 15) is 21.6 Å². The highest BCUT2D eigenvalue weighted by atomic mass is 32.2. The topological polar surface area (TPSA) is 131 Å². The molecule has 33 heavy (non-hydrogen) atoms. The Bertz CT molecular complexity index is 1130. The number of methoxy groups -OCH3 is 1. The molecule has 0 saturated carbocycles. The van der Waals surface area contributed by atoms with Gasteiger partial charge in [-0.2, -0.15) is 4.72 Å². The minimum atomic E-state index is -3.90. The average molecular weight is 498 g/mol. The minimum absolute atomic E-state index is 0.00489. The molecule has 0 aromatic heterocycles. The summed E-state index contributed by atoms with van der Waals surface area (Å²) in [5, 5.41) is 2.60. The Balaban J connectivity index is 1.97. The standard InChI is InChI=1S/C22H31N3O6S2/c1-16(2)15-21(25-33(29,30)20-9-5-17(3)6-10-20)22(26)23-13-14-24-32(27,28)19-11-7-18(31-4)8-12-19/h5-12,16,21,24-25H,13-15H2,1-4H3,(H,23,26). The van der Waals surface area contributed by atoms with Gasteiger partial charge in [-0.05, 0) is 55.7 Å². The molecular weight excluding hydrogens is 466 g/mol. The zero-order valence-electron chi connectivity index (χ0n) is 19.2. The Labute approximate surface area is 196 Å². The van der Waals surface area contributed by atoms with Crippen LogP contribution < -0.4 is 19.5 Å². The second-order valence-corrected chi connectivity index (χ2v) is 11.5. The van der Waals surface area contributed by atoms with E-state index in [1.54, 1.807) is 12.1 Å². The third kappa shape index (κ3) is 8.11. The van der Waals surface area contributed by atoms with Gasteiger partial charge in [-0.25, -0.2) is 21.6 Å². The van der Waals surface area contributed by atoms with Crippen LogP contribution >= 0.6 is 0 Å². The molecule has 0 aliphatic heterocycles. The van der Waals surface area contributed by atoms with Crippen LogP contribution in [0.5, 0.6) is 5.75 Å². The molecule has 0 bridgehead atoms. The second-order valence-electron chi connectivity index (χ2n) is 7.98. The number of ether oxygens (including phenoxy) is 1. The monoisotopic (exact) mass is 497 g/mol. The van der Waals surface area contributed by atoms with Crippen LogP contribution in [0.15, 0.2) is 58.3 Å². The molecule has 0 radical (unpaired) electrons. The highest BCUT2D eigenvalue weighted by molar-refractivity contribution is 7.89. The maximum Gasteiger partial charge on any atom is 0.241 e. The van der Waals surface area contributed by atoms with Crippen molar-refractivity contribution in [2.45, 2.75) is 43.0 Å². The van der Waals surface area contributed by atoms with Gasteiger partial charge < -0.3 is 10.1 Å². The number of amides is 1. The number of hydrogen-bond donors (Lipinski definition) is 3. The summed E-state index contributed by atoms with van der Waals surface area (Å²) >= 11 is 0. The number of benzene rings is 2. The fourth-order valence-corrected chi connectivity index (χ4v) is 5.23. The highest BCUT2D eigenvalue weighted by Gasteiger charge is 2.26. The first-order valence-electron chi connectivity index (χ1n) is 10.4. The van der Waals surface area contributed by atoms with Crippen LogP contribution in [0.2, 0.25) is 0 Å². The van der Waals surface area contributed by atoms with Crippen LogP contribution in [-0.4, -0.2) is 49.0 Å². The normalized spacial score (nSPS) is 13.0. The number of carbonyl (C=O) groups excluding carboxylic acids is 1. The van der Waals surface area contributed by atoms with Crippen molar-refractivity contribution >= 4 is 26.0 Å². The van der Waals surface area contributed by atoms with Gasteiger partial charge in [0.25, 0.3) is 0 Å².